The molecule has 0 unspecified atom stereocenters. The molecular formula is C33H33F3N2O2. The van der Waals surface area contributed by atoms with Crippen LogP contribution >= 0.6 is 0 Å². The van der Waals surface area contributed by atoms with Crippen LogP contribution in [-0.2, 0) is 21.2 Å². The lowest BCUT2D eigenvalue weighted by molar-refractivity contribution is -0.137. The fourth-order valence-electron chi connectivity index (χ4n) is 5.70. The molecule has 1 aliphatic carbocycles. The number of Topliss-reactive ketones (excluding diaryl/α,β-unsaturated/α-hetero) is 1. The number of ketones is 1. The van der Waals surface area contributed by atoms with Crippen LogP contribution in [0.5, 0.6) is 0 Å². The van der Waals surface area contributed by atoms with Crippen molar-refractivity contribution in [1.82, 2.24) is 0 Å². The molecule has 1 N–H and O–H groups in total. The molecule has 208 valence electrons. The summed E-state index contributed by atoms with van der Waals surface area (Å²) in [5.41, 5.74) is 4.35. The van der Waals surface area contributed by atoms with E-state index < -0.39 is 17.8 Å². The molecule has 1 amide bonds. The van der Waals surface area contributed by atoms with E-state index in [9.17, 15) is 22.8 Å². The number of alkyl halides is 3. The molecule has 1 aliphatic heterocycles. The Kier molecular flexibility index (Phi) is 7.11. The van der Waals surface area contributed by atoms with E-state index in [1.807, 2.05) is 18.2 Å². The SMILES string of the molecule is CCC(=O)N1c2ccccc2NC2=C(C(=O)C[C@@H](c3ccc(C(C)(C)C)cc3)C2)[C@H]1c1ccc(C(F)(F)F)cc1. The maximum atomic E-state index is 14.0. The first-order valence-electron chi connectivity index (χ1n) is 13.6. The van der Waals surface area contributed by atoms with E-state index in [2.05, 4.69) is 50.4 Å². The van der Waals surface area contributed by atoms with Crippen molar-refractivity contribution in [2.75, 3.05) is 10.2 Å². The van der Waals surface area contributed by atoms with Crippen LogP contribution in [0.3, 0.4) is 0 Å². The van der Waals surface area contributed by atoms with Crippen LogP contribution in [0.4, 0.5) is 24.5 Å². The maximum absolute atomic E-state index is 14.0. The van der Waals surface area contributed by atoms with Crippen molar-refractivity contribution in [3.8, 4) is 0 Å². The van der Waals surface area contributed by atoms with Crippen molar-refractivity contribution < 1.29 is 22.8 Å². The molecular weight excluding hydrogens is 513 g/mol. The third-order valence-corrected chi connectivity index (χ3v) is 7.86. The second-order valence-electron chi connectivity index (χ2n) is 11.6. The van der Waals surface area contributed by atoms with Crippen LogP contribution in [0, 0.1) is 0 Å². The average Bonchev–Trinajstić information content (AvgIpc) is 3.06. The zero-order valence-electron chi connectivity index (χ0n) is 23.1. The number of nitrogens with zero attached hydrogens (tertiary/aromatic N) is 1. The Hall–Kier alpha value is -3.87. The number of halogens is 3. The number of rotatable bonds is 3. The van der Waals surface area contributed by atoms with Crippen molar-refractivity contribution >= 4 is 23.1 Å². The van der Waals surface area contributed by atoms with Gasteiger partial charge in [0.2, 0.25) is 5.91 Å². The number of amides is 1. The third-order valence-electron chi connectivity index (χ3n) is 7.86. The molecule has 5 rings (SSSR count). The summed E-state index contributed by atoms with van der Waals surface area (Å²) in [4.78, 5) is 29.0. The van der Waals surface area contributed by atoms with Crippen LogP contribution in [0.15, 0.2) is 84.1 Å². The topological polar surface area (TPSA) is 49.4 Å². The van der Waals surface area contributed by atoms with E-state index >= 15 is 0 Å². The van der Waals surface area contributed by atoms with Gasteiger partial charge in [0.05, 0.1) is 23.0 Å². The van der Waals surface area contributed by atoms with Gasteiger partial charge in [-0.1, -0.05) is 76.2 Å². The van der Waals surface area contributed by atoms with Gasteiger partial charge in [-0.25, -0.2) is 0 Å². The second-order valence-corrected chi connectivity index (χ2v) is 11.6. The van der Waals surface area contributed by atoms with E-state index in [0.29, 0.717) is 34.6 Å². The van der Waals surface area contributed by atoms with Crippen LogP contribution in [0.25, 0.3) is 0 Å². The van der Waals surface area contributed by atoms with Crippen LogP contribution in [0.2, 0.25) is 0 Å². The van der Waals surface area contributed by atoms with Gasteiger partial charge in [0, 0.05) is 24.1 Å². The third kappa shape index (κ3) is 5.17. The molecule has 2 aliphatic rings. The number of carbonyl (C=O) groups excluding carboxylic acids is 2. The Morgan fingerprint density at radius 2 is 1.48 bits per heavy atom. The quantitative estimate of drug-likeness (QED) is 0.359. The first-order chi connectivity index (χ1) is 18.9. The number of nitrogens with one attached hydrogen (secondary N) is 1. The molecule has 2 atom stereocenters. The summed E-state index contributed by atoms with van der Waals surface area (Å²) >= 11 is 0. The summed E-state index contributed by atoms with van der Waals surface area (Å²) in [6, 6.07) is 19.6. The smallest absolute Gasteiger partial charge is 0.357 e. The molecule has 0 bridgehead atoms. The zero-order valence-corrected chi connectivity index (χ0v) is 23.1. The van der Waals surface area contributed by atoms with Gasteiger partial charge in [-0.3, -0.25) is 14.5 Å². The summed E-state index contributed by atoms with van der Waals surface area (Å²) in [5, 5.41) is 3.46. The summed E-state index contributed by atoms with van der Waals surface area (Å²) < 4.78 is 40.1. The molecule has 0 saturated heterocycles. The van der Waals surface area contributed by atoms with Crippen molar-refractivity contribution in [2.45, 2.75) is 70.5 Å². The highest BCUT2D eigenvalue weighted by atomic mass is 19.4. The highest BCUT2D eigenvalue weighted by Crippen LogP contribution is 2.48. The zero-order chi connectivity index (χ0) is 28.8. The lowest BCUT2D eigenvalue weighted by Crippen LogP contribution is -2.38. The molecule has 3 aromatic rings. The molecule has 0 saturated carbocycles. The molecule has 0 spiro atoms. The molecule has 40 heavy (non-hydrogen) atoms. The normalized spacial score (nSPS) is 19.5. The first kappa shape index (κ1) is 27.7. The Morgan fingerprint density at radius 3 is 2.08 bits per heavy atom. The van der Waals surface area contributed by atoms with Gasteiger partial charge in [-0.15, -0.1) is 0 Å². The summed E-state index contributed by atoms with van der Waals surface area (Å²) in [7, 11) is 0. The Bertz CT molecular complexity index is 1470. The monoisotopic (exact) mass is 546 g/mol. The lowest BCUT2D eigenvalue weighted by atomic mass is 9.77. The van der Waals surface area contributed by atoms with Crippen LogP contribution in [-0.4, -0.2) is 11.7 Å². The van der Waals surface area contributed by atoms with Gasteiger partial charge >= 0.3 is 6.18 Å². The maximum Gasteiger partial charge on any atom is 0.416 e. The Morgan fingerprint density at radius 1 is 0.875 bits per heavy atom. The highest BCUT2D eigenvalue weighted by molar-refractivity contribution is 6.06. The van der Waals surface area contributed by atoms with Crippen molar-refractivity contribution in [1.29, 1.82) is 0 Å². The van der Waals surface area contributed by atoms with Crippen molar-refractivity contribution in [3.63, 3.8) is 0 Å². The van der Waals surface area contributed by atoms with Gasteiger partial charge in [-0.05, 0) is 58.7 Å². The van der Waals surface area contributed by atoms with Crippen molar-refractivity contribution in [2.24, 2.45) is 0 Å². The van der Waals surface area contributed by atoms with Gasteiger partial charge in [0.25, 0.3) is 0 Å². The standard InChI is InChI=1S/C33H33F3N2O2/c1-5-29(40)38-27-9-7-6-8-25(27)37-26-18-22(20-10-14-23(15-11-20)32(2,3)4)19-28(39)30(26)31(38)21-12-16-24(17-13-21)33(34,35)36/h6-17,22,31,37H,5,18-19H2,1-4H3/t22-,31+/m0/s1. The summed E-state index contributed by atoms with van der Waals surface area (Å²) in [6.07, 6.45) is -3.53. The molecule has 3 aromatic carbocycles. The number of hydrogen-bond acceptors (Lipinski definition) is 3. The minimum atomic E-state index is -4.49. The fraction of sp³-hybridized carbons (Fsp3) is 0.333. The number of fused-ring (bicyclic) bond motifs is 1. The number of carbonyl (C=O) groups is 2. The number of hydrogen-bond donors (Lipinski definition) is 1. The Labute approximate surface area is 232 Å². The van der Waals surface area contributed by atoms with E-state index in [1.165, 1.54) is 17.7 Å². The summed E-state index contributed by atoms with van der Waals surface area (Å²) in [5.74, 6) is -0.410. The highest BCUT2D eigenvalue weighted by Gasteiger charge is 2.41. The van der Waals surface area contributed by atoms with Crippen LogP contribution in [0.1, 0.15) is 81.2 Å². The molecule has 7 heteroatoms. The average molecular weight is 547 g/mol. The fourth-order valence-corrected chi connectivity index (χ4v) is 5.70. The molecule has 0 aromatic heterocycles. The van der Waals surface area contributed by atoms with Crippen LogP contribution < -0.4 is 10.2 Å². The Balaban J connectivity index is 1.64. The van der Waals surface area contributed by atoms with E-state index in [4.69, 9.17) is 0 Å². The predicted octanol–water partition coefficient (Wildman–Crippen LogP) is 8.31. The van der Waals surface area contributed by atoms with E-state index in [-0.39, 0.29) is 35.9 Å². The number of benzene rings is 3. The molecule has 0 radical (unpaired) electrons. The molecule has 4 nitrogen and oxygen atoms in total. The van der Waals surface area contributed by atoms with Gasteiger partial charge in [0.15, 0.2) is 5.78 Å². The van der Waals surface area contributed by atoms with Gasteiger partial charge in [0.1, 0.15) is 0 Å². The lowest BCUT2D eigenvalue weighted by Gasteiger charge is -2.35. The number of anilines is 2. The molecule has 0 fully saturated rings. The van der Waals surface area contributed by atoms with Gasteiger partial charge < -0.3 is 5.32 Å². The second kappa shape index (κ2) is 10.3. The van der Waals surface area contributed by atoms with Crippen molar-refractivity contribution in [3.05, 3.63) is 106 Å². The number of allylic oxidation sites excluding steroid dienone is 1. The molecule has 1 heterocycles. The number of para-hydroxylation sites is 2. The summed E-state index contributed by atoms with van der Waals surface area (Å²) in [6.45, 7) is 8.20. The largest absolute Gasteiger partial charge is 0.416 e. The minimum absolute atomic E-state index is 0.00727. The minimum Gasteiger partial charge on any atom is -0.357 e. The predicted molar refractivity (Wildman–Crippen MR) is 151 cm³/mol. The first-order valence-corrected chi connectivity index (χ1v) is 13.6. The van der Waals surface area contributed by atoms with Gasteiger partial charge in [-0.2, -0.15) is 13.2 Å². The van der Waals surface area contributed by atoms with E-state index in [1.54, 1.807) is 17.9 Å². The van der Waals surface area contributed by atoms with E-state index in [0.717, 1.165) is 17.7 Å².